The van der Waals surface area contributed by atoms with Crippen LogP contribution < -0.4 is 5.32 Å². The highest BCUT2D eigenvalue weighted by atomic mass is 127. The first-order chi connectivity index (χ1) is 7.28. The molecule has 0 fully saturated rings. The van der Waals surface area contributed by atoms with Crippen molar-refractivity contribution in [2.45, 2.75) is 26.4 Å². The van der Waals surface area contributed by atoms with Gasteiger partial charge in [-0.2, -0.15) is 0 Å². The Labute approximate surface area is 114 Å². The SMILES string of the molecule is CC(C)(C)OC(=O)Nc1cc(Cl)ccc1I. The van der Waals surface area contributed by atoms with Crippen molar-refractivity contribution in [1.82, 2.24) is 0 Å². The molecule has 1 N–H and O–H groups in total. The third-order valence-corrected chi connectivity index (χ3v) is 2.74. The van der Waals surface area contributed by atoms with Crippen LogP contribution in [0.3, 0.4) is 0 Å². The van der Waals surface area contributed by atoms with Gasteiger partial charge in [-0.25, -0.2) is 4.79 Å². The van der Waals surface area contributed by atoms with E-state index in [9.17, 15) is 4.79 Å². The quantitative estimate of drug-likeness (QED) is 0.765. The molecule has 16 heavy (non-hydrogen) atoms. The maximum Gasteiger partial charge on any atom is 0.412 e. The number of nitrogens with one attached hydrogen (secondary N) is 1. The van der Waals surface area contributed by atoms with Gasteiger partial charge in [-0.1, -0.05) is 11.6 Å². The number of carbonyl (C=O) groups is 1. The number of halogens is 2. The molecule has 1 aromatic carbocycles. The second-order valence-corrected chi connectivity index (χ2v) is 5.85. The van der Waals surface area contributed by atoms with Gasteiger partial charge in [-0.3, -0.25) is 5.32 Å². The van der Waals surface area contributed by atoms with Gasteiger partial charge in [-0.15, -0.1) is 0 Å². The lowest BCUT2D eigenvalue weighted by molar-refractivity contribution is 0.0636. The average molecular weight is 354 g/mol. The molecule has 0 bridgehead atoms. The van der Waals surface area contributed by atoms with Gasteiger partial charge in [0.1, 0.15) is 5.60 Å². The van der Waals surface area contributed by atoms with E-state index in [-0.39, 0.29) is 0 Å². The van der Waals surface area contributed by atoms with E-state index < -0.39 is 11.7 Å². The fourth-order valence-electron chi connectivity index (χ4n) is 1.01. The highest BCUT2D eigenvalue weighted by molar-refractivity contribution is 14.1. The van der Waals surface area contributed by atoms with Crippen molar-refractivity contribution < 1.29 is 9.53 Å². The summed E-state index contributed by atoms with van der Waals surface area (Å²) in [6.45, 7) is 5.44. The Kier molecular flexibility index (Phi) is 4.43. The minimum absolute atomic E-state index is 0.479. The maximum atomic E-state index is 11.5. The molecule has 0 aliphatic heterocycles. The molecular formula is C11H13ClINO2. The number of anilines is 1. The third kappa shape index (κ3) is 4.57. The van der Waals surface area contributed by atoms with E-state index in [4.69, 9.17) is 16.3 Å². The number of ether oxygens (including phenoxy) is 1. The van der Waals surface area contributed by atoms with Crippen molar-refractivity contribution in [2.24, 2.45) is 0 Å². The van der Waals surface area contributed by atoms with Gasteiger partial charge in [0, 0.05) is 8.59 Å². The van der Waals surface area contributed by atoms with Crippen molar-refractivity contribution in [1.29, 1.82) is 0 Å². The first-order valence-corrected chi connectivity index (χ1v) is 6.19. The highest BCUT2D eigenvalue weighted by Gasteiger charge is 2.16. The summed E-state index contributed by atoms with van der Waals surface area (Å²) < 4.78 is 6.05. The standard InChI is InChI=1S/C11H13ClINO2/c1-11(2,3)16-10(15)14-9-6-7(12)4-5-8(9)13/h4-6H,1-3H3,(H,14,15). The maximum absolute atomic E-state index is 11.5. The van der Waals surface area contributed by atoms with Gasteiger partial charge in [0.05, 0.1) is 5.69 Å². The summed E-state index contributed by atoms with van der Waals surface area (Å²) in [5.41, 5.74) is 0.149. The van der Waals surface area contributed by atoms with Gasteiger partial charge < -0.3 is 4.74 Å². The predicted octanol–water partition coefficient (Wildman–Crippen LogP) is 4.29. The Balaban J connectivity index is 2.73. The minimum Gasteiger partial charge on any atom is -0.444 e. The lowest BCUT2D eigenvalue weighted by atomic mass is 10.2. The number of rotatable bonds is 1. The monoisotopic (exact) mass is 353 g/mol. The van der Waals surface area contributed by atoms with Crippen LogP contribution in [0.5, 0.6) is 0 Å². The molecule has 0 heterocycles. The summed E-state index contributed by atoms with van der Waals surface area (Å²) in [7, 11) is 0. The lowest BCUT2D eigenvalue weighted by Gasteiger charge is -2.20. The van der Waals surface area contributed by atoms with Crippen LogP contribution in [0.15, 0.2) is 18.2 Å². The molecule has 0 saturated heterocycles. The van der Waals surface area contributed by atoms with Crippen molar-refractivity contribution in [3.63, 3.8) is 0 Å². The number of benzene rings is 1. The summed E-state index contributed by atoms with van der Waals surface area (Å²) in [6.07, 6.45) is -0.479. The van der Waals surface area contributed by atoms with Gasteiger partial charge in [0.25, 0.3) is 0 Å². The predicted molar refractivity (Wildman–Crippen MR) is 74.0 cm³/mol. The Hall–Kier alpha value is -0.490. The summed E-state index contributed by atoms with van der Waals surface area (Å²) in [5.74, 6) is 0. The molecule has 3 nitrogen and oxygen atoms in total. The molecule has 0 aromatic heterocycles. The average Bonchev–Trinajstić information content (AvgIpc) is 2.08. The van der Waals surface area contributed by atoms with Crippen molar-refractivity contribution in [3.8, 4) is 0 Å². The van der Waals surface area contributed by atoms with Gasteiger partial charge >= 0.3 is 6.09 Å². The molecule has 0 aliphatic carbocycles. The van der Waals surface area contributed by atoms with E-state index in [1.165, 1.54) is 0 Å². The molecule has 0 saturated carbocycles. The van der Waals surface area contributed by atoms with Crippen LogP contribution in [0.25, 0.3) is 0 Å². The summed E-state index contributed by atoms with van der Waals surface area (Å²) in [4.78, 5) is 11.5. The number of amides is 1. The van der Waals surface area contributed by atoms with Gasteiger partial charge in [0.2, 0.25) is 0 Å². The van der Waals surface area contributed by atoms with Crippen LogP contribution in [0.1, 0.15) is 20.8 Å². The Morgan fingerprint density at radius 3 is 2.62 bits per heavy atom. The lowest BCUT2D eigenvalue weighted by Crippen LogP contribution is -2.27. The number of hydrogen-bond acceptors (Lipinski definition) is 2. The summed E-state index contributed by atoms with van der Waals surface area (Å²) in [5, 5.41) is 3.23. The molecule has 5 heteroatoms. The van der Waals surface area contributed by atoms with E-state index >= 15 is 0 Å². The molecule has 1 amide bonds. The molecule has 1 aromatic rings. The van der Waals surface area contributed by atoms with Crippen molar-refractivity contribution >= 4 is 46.0 Å². The summed E-state index contributed by atoms with van der Waals surface area (Å²) in [6, 6.07) is 5.28. The van der Waals surface area contributed by atoms with Crippen LogP contribution in [0, 0.1) is 3.57 Å². The molecule has 0 aliphatic rings. The number of hydrogen-bond donors (Lipinski definition) is 1. The van der Waals surface area contributed by atoms with Gasteiger partial charge in [0.15, 0.2) is 0 Å². The van der Waals surface area contributed by atoms with E-state index in [1.54, 1.807) is 12.1 Å². The zero-order valence-corrected chi connectivity index (χ0v) is 12.2. The van der Waals surface area contributed by atoms with Crippen molar-refractivity contribution in [3.05, 3.63) is 26.8 Å². The minimum atomic E-state index is -0.506. The normalized spacial score (nSPS) is 11.1. The smallest absolute Gasteiger partial charge is 0.412 e. The zero-order valence-electron chi connectivity index (χ0n) is 9.30. The highest BCUT2D eigenvalue weighted by Crippen LogP contribution is 2.23. The Bertz CT molecular complexity index is 401. The fraction of sp³-hybridized carbons (Fsp3) is 0.364. The van der Waals surface area contributed by atoms with E-state index in [1.807, 2.05) is 26.8 Å². The molecule has 0 spiro atoms. The van der Waals surface area contributed by atoms with Crippen LogP contribution in [-0.2, 0) is 4.74 Å². The molecule has 0 unspecified atom stereocenters. The van der Waals surface area contributed by atoms with Crippen molar-refractivity contribution in [2.75, 3.05) is 5.32 Å². The Morgan fingerprint density at radius 1 is 1.44 bits per heavy atom. The molecule has 1 rings (SSSR count). The van der Waals surface area contributed by atoms with Gasteiger partial charge in [-0.05, 0) is 61.6 Å². The topological polar surface area (TPSA) is 38.3 Å². The Morgan fingerprint density at radius 2 is 2.06 bits per heavy atom. The molecule has 0 atom stereocenters. The third-order valence-electron chi connectivity index (χ3n) is 1.56. The summed E-state index contributed by atoms with van der Waals surface area (Å²) >= 11 is 7.96. The second kappa shape index (κ2) is 5.23. The van der Waals surface area contributed by atoms with Crippen LogP contribution in [0.4, 0.5) is 10.5 Å². The van der Waals surface area contributed by atoms with Crippen LogP contribution in [0.2, 0.25) is 5.02 Å². The van der Waals surface area contributed by atoms with E-state index in [0.29, 0.717) is 10.7 Å². The molecule has 88 valence electrons. The fourth-order valence-corrected chi connectivity index (χ4v) is 1.65. The van der Waals surface area contributed by atoms with Crippen LogP contribution >= 0.6 is 34.2 Å². The van der Waals surface area contributed by atoms with Crippen LogP contribution in [-0.4, -0.2) is 11.7 Å². The molecule has 0 radical (unpaired) electrons. The second-order valence-electron chi connectivity index (χ2n) is 4.25. The molecular weight excluding hydrogens is 340 g/mol. The number of carbonyl (C=O) groups excluding carboxylic acids is 1. The zero-order chi connectivity index (χ0) is 12.3. The van der Waals surface area contributed by atoms with E-state index in [2.05, 4.69) is 27.9 Å². The first-order valence-electron chi connectivity index (χ1n) is 4.73. The van der Waals surface area contributed by atoms with E-state index in [0.717, 1.165) is 3.57 Å². The first kappa shape index (κ1) is 13.6. The largest absolute Gasteiger partial charge is 0.444 e.